The lowest BCUT2D eigenvalue weighted by Crippen LogP contribution is -2.10. The van der Waals surface area contributed by atoms with Gasteiger partial charge >= 0.3 is 0 Å². The normalized spacial score (nSPS) is 11.8. The van der Waals surface area contributed by atoms with E-state index in [2.05, 4.69) is 34.5 Å². The first-order valence-electron chi connectivity index (χ1n) is 9.86. The molecule has 0 radical (unpaired) electrons. The quantitative estimate of drug-likeness (QED) is 0.404. The Hall–Kier alpha value is -3.60. The van der Waals surface area contributed by atoms with Crippen LogP contribution in [0.3, 0.4) is 0 Å². The van der Waals surface area contributed by atoms with E-state index in [4.69, 9.17) is 4.74 Å². The molecule has 146 valence electrons. The Labute approximate surface area is 171 Å². The highest BCUT2D eigenvalue weighted by molar-refractivity contribution is 5.45. The van der Waals surface area contributed by atoms with Crippen LogP contribution < -0.4 is 10.1 Å². The molecule has 0 amide bonds. The van der Waals surface area contributed by atoms with E-state index in [9.17, 15) is 0 Å². The molecule has 29 heavy (non-hydrogen) atoms. The first-order chi connectivity index (χ1) is 14.3. The molecule has 4 aromatic rings. The average Bonchev–Trinajstić information content (AvgIpc) is 3.24. The highest BCUT2D eigenvalue weighted by Crippen LogP contribution is 2.27. The van der Waals surface area contributed by atoms with Crippen molar-refractivity contribution in [2.75, 3.05) is 5.32 Å². The molecule has 0 aliphatic carbocycles. The minimum atomic E-state index is 0.209. The molecule has 2 aromatic heterocycles. The fraction of sp³-hybridized carbons (Fsp3) is 0.167. The van der Waals surface area contributed by atoms with Gasteiger partial charge in [0.15, 0.2) is 0 Å². The van der Waals surface area contributed by atoms with Gasteiger partial charge in [-0.05, 0) is 48.4 Å². The molecule has 1 N–H and O–H groups in total. The van der Waals surface area contributed by atoms with Crippen molar-refractivity contribution < 1.29 is 4.74 Å². The summed E-state index contributed by atoms with van der Waals surface area (Å²) < 4.78 is 7.76. The number of rotatable bonds is 8. The molecule has 5 heteroatoms. The standard InChI is InChI=1S/C24H24N4O/c1-2-6-24(27-20-17-26-28(18-20)21-13-15-25-16-14-21)19-9-11-23(12-10-19)29-22-7-4-3-5-8-22/h3-5,7-18,24,27H,2,6H2,1H3. The summed E-state index contributed by atoms with van der Waals surface area (Å²) in [5.41, 5.74) is 3.20. The zero-order valence-corrected chi connectivity index (χ0v) is 16.4. The number of nitrogens with one attached hydrogen (secondary N) is 1. The van der Waals surface area contributed by atoms with E-state index in [0.29, 0.717) is 0 Å². The highest BCUT2D eigenvalue weighted by atomic mass is 16.5. The van der Waals surface area contributed by atoms with E-state index in [1.165, 1.54) is 5.56 Å². The minimum Gasteiger partial charge on any atom is -0.457 e. The summed E-state index contributed by atoms with van der Waals surface area (Å²) >= 11 is 0. The first-order valence-corrected chi connectivity index (χ1v) is 9.86. The molecule has 1 atom stereocenters. The number of anilines is 1. The fourth-order valence-electron chi connectivity index (χ4n) is 3.24. The summed E-state index contributed by atoms with van der Waals surface area (Å²) in [5, 5.41) is 8.08. The molecule has 0 aliphatic heterocycles. The predicted octanol–water partition coefficient (Wildman–Crippen LogP) is 6.01. The van der Waals surface area contributed by atoms with Gasteiger partial charge in [-0.1, -0.05) is 43.7 Å². The molecule has 0 spiro atoms. The number of nitrogens with zero attached hydrogens (tertiary/aromatic N) is 3. The van der Waals surface area contributed by atoms with E-state index in [1.54, 1.807) is 12.4 Å². The van der Waals surface area contributed by atoms with Crippen molar-refractivity contribution in [2.45, 2.75) is 25.8 Å². The third kappa shape index (κ3) is 4.82. The van der Waals surface area contributed by atoms with E-state index in [0.717, 1.165) is 35.7 Å². The summed E-state index contributed by atoms with van der Waals surface area (Å²) in [6.45, 7) is 2.20. The van der Waals surface area contributed by atoms with Crippen molar-refractivity contribution in [3.8, 4) is 17.2 Å². The fourth-order valence-corrected chi connectivity index (χ4v) is 3.24. The number of hydrogen-bond acceptors (Lipinski definition) is 4. The summed E-state index contributed by atoms with van der Waals surface area (Å²) in [5.74, 6) is 1.67. The smallest absolute Gasteiger partial charge is 0.127 e. The highest BCUT2D eigenvalue weighted by Gasteiger charge is 2.12. The Kier molecular flexibility index (Phi) is 5.86. The van der Waals surface area contributed by atoms with Crippen LogP contribution in [0.4, 0.5) is 5.69 Å². The molecular formula is C24H24N4O. The predicted molar refractivity (Wildman–Crippen MR) is 116 cm³/mol. The molecule has 2 heterocycles. The number of para-hydroxylation sites is 1. The maximum absolute atomic E-state index is 5.90. The molecule has 2 aromatic carbocycles. The van der Waals surface area contributed by atoms with Gasteiger partial charge in [-0.15, -0.1) is 0 Å². The van der Waals surface area contributed by atoms with Gasteiger partial charge in [0.25, 0.3) is 0 Å². The zero-order valence-electron chi connectivity index (χ0n) is 16.4. The maximum Gasteiger partial charge on any atom is 0.127 e. The van der Waals surface area contributed by atoms with E-state index in [1.807, 2.05) is 71.7 Å². The van der Waals surface area contributed by atoms with Gasteiger partial charge in [-0.25, -0.2) is 4.68 Å². The number of benzene rings is 2. The van der Waals surface area contributed by atoms with E-state index in [-0.39, 0.29) is 6.04 Å². The third-order valence-corrected chi connectivity index (χ3v) is 4.69. The van der Waals surface area contributed by atoms with Gasteiger partial charge in [0.05, 0.1) is 29.8 Å². The molecule has 5 nitrogen and oxygen atoms in total. The Balaban J connectivity index is 1.47. The number of pyridine rings is 1. The second-order valence-corrected chi connectivity index (χ2v) is 6.85. The van der Waals surface area contributed by atoms with Crippen LogP contribution in [0.1, 0.15) is 31.4 Å². The molecular weight excluding hydrogens is 360 g/mol. The van der Waals surface area contributed by atoms with Gasteiger partial charge in [0.2, 0.25) is 0 Å². The molecule has 0 saturated carbocycles. The Morgan fingerprint density at radius 1 is 0.931 bits per heavy atom. The molecule has 0 aliphatic rings. The first kappa shape index (κ1) is 18.7. The lowest BCUT2D eigenvalue weighted by Gasteiger charge is -2.19. The molecule has 0 bridgehead atoms. The van der Waals surface area contributed by atoms with Crippen LogP contribution in [0.5, 0.6) is 11.5 Å². The second-order valence-electron chi connectivity index (χ2n) is 6.85. The average molecular weight is 384 g/mol. The topological polar surface area (TPSA) is 52.0 Å². The monoisotopic (exact) mass is 384 g/mol. The van der Waals surface area contributed by atoms with Crippen molar-refractivity contribution in [1.82, 2.24) is 14.8 Å². The van der Waals surface area contributed by atoms with Gasteiger partial charge in [-0.2, -0.15) is 5.10 Å². The van der Waals surface area contributed by atoms with Gasteiger partial charge in [-0.3, -0.25) is 4.98 Å². The van der Waals surface area contributed by atoms with Crippen molar-refractivity contribution >= 4 is 5.69 Å². The van der Waals surface area contributed by atoms with Crippen LogP contribution in [0, 0.1) is 0 Å². The lowest BCUT2D eigenvalue weighted by molar-refractivity contribution is 0.482. The summed E-state index contributed by atoms with van der Waals surface area (Å²) in [6.07, 6.45) is 9.50. The van der Waals surface area contributed by atoms with Crippen LogP contribution in [-0.4, -0.2) is 14.8 Å². The van der Waals surface area contributed by atoms with Crippen molar-refractivity contribution in [1.29, 1.82) is 0 Å². The Morgan fingerprint density at radius 2 is 1.66 bits per heavy atom. The number of hydrogen-bond donors (Lipinski definition) is 1. The zero-order chi connectivity index (χ0) is 19.9. The van der Waals surface area contributed by atoms with Crippen LogP contribution >= 0.6 is 0 Å². The Morgan fingerprint density at radius 3 is 2.38 bits per heavy atom. The van der Waals surface area contributed by atoms with Crippen LogP contribution in [0.25, 0.3) is 5.69 Å². The van der Waals surface area contributed by atoms with Crippen LogP contribution in [-0.2, 0) is 0 Å². The number of aromatic nitrogens is 3. The SMILES string of the molecule is CCCC(Nc1cnn(-c2ccncc2)c1)c1ccc(Oc2ccccc2)cc1. The number of ether oxygens (including phenoxy) is 1. The molecule has 1 unspecified atom stereocenters. The summed E-state index contributed by atoms with van der Waals surface area (Å²) in [7, 11) is 0. The van der Waals surface area contributed by atoms with Crippen molar-refractivity contribution in [3.63, 3.8) is 0 Å². The van der Waals surface area contributed by atoms with Gasteiger partial charge in [0.1, 0.15) is 11.5 Å². The van der Waals surface area contributed by atoms with Gasteiger partial charge in [0, 0.05) is 12.4 Å². The van der Waals surface area contributed by atoms with E-state index < -0.39 is 0 Å². The summed E-state index contributed by atoms with van der Waals surface area (Å²) in [4.78, 5) is 4.06. The van der Waals surface area contributed by atoms with Crippen LogP contribution in [0.2, 0.25) is 0 Å². The molecule has 4 rings (SSSR count). The van der Waals surface area contributed by atoms with Crippen molar-refractivity contribution in [2.24, 2.45) is 0 Å². The maximum atomic E-state index is 5.90. The second kappa shape index (κ2) is 9.06. The van der Waals surface area contributed by atoms with Crippen molar-refractivity contribution in [3.05, 3.63) is 97.1 Å². The largest absolute Gasteiger partial charge is 0.457 e. The third-order valence-electron chi connectivity index (χ3n) is 4.69. The van der Waals surface area contributed by atoms with Gasteiger partial charge < -0.3 is 10.1 Å². The van der Waals surface area contributed by atoms with Crippen LogP contribution in [0.15, 0.2) is 91.5 Å². The Bertz CT molecular complexity index is 1010. The van der Waals surface area contributed by atoms with E-state index >= 15 is 0 Å². The molecule has 0 saturated heterocycles. The lowest BCUT2D eigenvalue weighted by atomic mass is 10.0. The minimum absolute atomic E-state index is 0.209. The summed E-state index contributed by atoms with van der Waals surface area (Å²) in [6, 6.07) is 22.2. The molecule has 0 fully saturated rings.